The molecule has 0 unspecified atom stereocenters. The highest BCUT2D eigenvalue weighted by Crippen LogP contribution is 2.23. The van der Waals surface area contributed by atoms with E-state index in [9.17, 15) is 13.2 Å². The van der Waals surface area contributed by atoms with Gasteiger partial charge in [0.15, 0.2) is 0 Å². The molecule has 24 heavy (non-hydrogen) atoms. The molecule has 0 bridgehead atoms. The first-order valence-corrected chi connectivity index (χ1v) is 9.83. The van der Waals surface area contributed by atoms with Gasteiger partial charge in [0, 0.05) is 25.2 Å². The number of hydrogen-bond acceptors (Lipinski definition) is 4. The number of piperidine rings is 1. The van der Waals surface area contributed by atoms with E-state index in [1.165, 1.54) is 0 Å². The summed E-state index contributed by atoms with van der Waals surface area (Å²) in [5.74, 6) is 1.06. The first kappa shape index (κ1) is 18.7. The normalized spacial score (nSPS) is 22.1. The smallest absolute Gasteiger partial charge is 0.251 e. The molecular formula is C17H26N2O4S. The van der Waals surface area contributed by atoms with Gasteiger partial charge in [-0.2, -0.15) is 0 Å². The zero-order chi connectivity index (χ0) is 17.7. The van der Waals surface area contributed by atoms with Crippen LogP contribution in [0.4, 0.5) is 0 Å². The van der Waals surface area contributed by atoms with Crippen molar-refractivity contribution in [3.8, 4) is 5.75 Å². The summed E-state index contributed by atoms with van der Waals surface area (Å²) in [6.07, 6.45) is 1.06. The fourth-order valence-electron chi connectivity index (χ4n) is 3.10. The van der Waals surface area contributed by atoms with Crippen molar-refractivity contribution >= 4 is 15.9 Å². The average Bonchev–Trinajstić information content (AvgIpc) is 2.53. The van der Waals surface area contributed by atoms with Crippen molar-refractivity contribution in [1.82, 2.24) is 9.62 Å². The topological polar surface area (TPSA) is 75.7 Å². The van der Waals surface area contributed by atoms with Crippen molar-refractivity contribution in [1.29, 1.82) is 0 Å². The van der Waals surface area contributed by atoms with Crippen molar-refractivity contribution in [2.45, 2.75) is 20.3 Å². The maximum absolute atomic E-state index is 12.4. The number of ether oxygens (including phenoxy) is 1. The van der Waals surface area contributed by atoms with Crippen LogP contribution in [0.3, 0.4) is 0 Å². The zero-order valence-corrected chi connectivity index (χ0v) is 15.3. The molecule has 134 valence electrons. The van der Waals surface area contributed by atoms with Gasteiger partial charge < -0.3 is 10.1 Å². The highest BCUT2D eigenvalue weighted by atomic mass is 32.2. The Morgan fingerprint density at radius 3 is 2.33 bits per heavy atom. The summed E-state index contributed by atoms with van der Waals surface area (Å²) in [4.78, 5) is 12.1. The number of carbonyl (C=O) groups excluding carboxylic acids is 1. The lowest BCUT2D eigenvalue weighted by Gasteiger charge is -2.34. The summed E-state index contributed by atoms with van der Waals surface area (Å²) in [5.41, 5.74) is 0.480. The first-order valence-electron chi connectivity index (χ1n) is 8.22. The van der Waals surface area contributed by atoms with E-state index in [-0.39, 0.29) is 18.2 Å². The Bertz CT molecular complexity index is 648. The Morgan fingerprint density at radius 2 is 1.79 bits per heavy atom. The predicted octanol–water partition coefficient (Wildman–Crippen LogP) is 1.73. The molecule has 0 spiro atoms. The Hall–Kier alpha value is -1.60. The van der Waals surface area contributed by atoms with E-state index in [2.05, 4.69) is 19.2 Å². The minimum absolute atomic E-state index is 0.0751. The van der Waals surface area contributed by atoms with Gasteiger partial charge in [0.25, 0.3) is 5.91 Å². The molecule has 1 fully saturated rings. The summed E-state index contributed by atoms with van der Waals surface area (Å²) >= 11 is 0. The van der Waals surface area contributed by atoms with Crippen LogP contribution in [0.1, 0.15) is 30.6 Å². The number of methoxy groups -OCH3 is 1. The molecule has 1 aliphatic rings. The van der Waals surface area contributed by atoms with Crippen LogP contribution in [0.2, 0.25) is 0 Å². The molecule has 0 radical (unpaired) electrons. The molecule has 6 nitrogen and oxygen atoms in total. The van der Waals surface area contributed by atoms with E-state index in [4.69, 9.17) is 4.74 Å². The largest absolute Gasteiger partial charge is 0.497 e. The number of rotatable bonds is 6. The number of carbonyl (C=O) groups is 1. The molecule has 1 saturated heterocycles. The molecule has 0 aromatic heterocycles. The SMILES string of the molecule is COc1ccc(C(=O)NCCS(=O)(=O)N2C[C@@H](C)C[C@H](C)C2)cc1. The fourth-order valence-corrected chi connectivity index (χ4v) is 4.68. The Balaban J connectivity index is 1.86. The average molecular weight is 354 g/mol. The summed E-state index contributed by atoms with van der Waals surface area (Å²) in [5, 5.41) is 2.67. The van der Waals surface area contributed by atoms with Gasteiger partial charge in [0.05, 0.1) is 12.9 Å². The second-order valence-corrected chi connectivity index (χ2v) is 8.65. The molecular weight excluding hydrogens is 328 g/mol. The van der Waals surface area contributed by atoms with E-state index in [1.54, 1.807) is 35.7 Å². The van der Waals surface area contributed by atoms with Crippen molar-refractivity contribution in [3.63, 3.8) is 0 Å². The molecule has 0 aliphatic carbocycles. The van der Waals surface area contributed by atoms with Crippen LogP contribution >= 0.6 is 0 Å². The standard InChI is InChI=1S/C17H26N2O4S/c1-13-10-14(2)12-19(11-13)24(21,22)9-8-18-17(20)15-4-6-16(23-3)7-5-15/h4-7,13-14H,8-12H2,1-3H3,(H,18,20)/t13-,14-/m0/s1. The zero-order valence-electron chi connectivity index (χ0n) is 14.5. The highest BCUT2D eigenvalue weighted by molar-refractivity contribution is 7.89. The summed E-state index contributed by atoms with van der Waals surface area (Å²) in [6.45, 7) is 5.39. The van der Waals surface area contributed by atoms with Crippen LogP contribution in [0.25, 0.3) is 0 Å². The van der Waals surface area contributed by atoms with Crippen LogP contribution in [0.5, 0.6) is 5.75 Å². The molecule has 7 heteroatoms. The minimum atomic E-state index is -3.34. The van der Waals surface area contributed by atoms with Gasteiger partial charge in [-0.1, -0.05) is 13.8 Å². The van der Waals surface area contributed by atoms with Gasteiger partial charge in [-0.05, 0) is 42.5 Å². The second-order valence-electron chi connectivity index (χ2n) is 6.56. The van der Waals surface area contributed by atoms with Gasteiger partial charge in [-0.25, -0.2) is 12.7 Å². The second kappa shape index (κ2) is 7.98. The van der Waals surface area contributed by atoms with Crippen LogP contribution in [-0.4, -0.2) is 51.1 Å². The van der Waals surface area contributed by atoms with Crippen molar-refractivity contribution in [2.24, 2.45) is 11.8 Å². The molecule has 1 aromatic carbocycles. The molecule has 1 amide bonds. The fraction of sp³-hybridized carbons (Fsp3) is 0.588. The van der Waals surface area contributed by atoms with E-state index < -0.39 is 10.0 Å². The van der Waals surface area contributed by atoms with Crippen LogP contribution in [0.15, 0.2) is 24.3 Å². The summed E-state index contributed by atoms with van der Waals surface area (Å²) in [7, 11) is -1.78. The Kier molecular flexibility index (Phi) is 6.23. The Morgan fingerprint density at radius 1 is 1.21 bits per heavy atom. The first-order chi connectivity index (χ1) is 11.3. The third kappa shape index (κ3) is 4.95. The van der Waals surface area contributed by atoms with Gasteiger partial charge in [0.2, 0.25) is 10.0 Å². The molecule has 1 heterocycles. The lowest BCUT2D eigenvalue weighted by molar-refractivity contribution is 0.0956. The number of hydrogen-bond donors (Lipinski definition) is 1. The quantitative estimate of drug-likeness (QED) is 0.844. The van der Waals surface area contributed by atoms with E-state index in [0.717, 1.165) is 6.42 Å². The van der Waals surface area contributed by atoms with Crippen LogP contribution < -0.4 is 10.1 Å². The van der Waals surface area contributed by atoms with E-state index in [0.29, 0.717) is 36.2 Å². The predicted molar refractivity (Wildman–Crippen MR) is 93.6 cm³/mol. The van der Waals surface area contributed by atoms with Crippen molar-refractivity contribution in [2.75, 3.05) is 32.5 Å². The third-order valence-electron chi connectivity index (χ3n) is 4.23. The maximum Gasteiger partial charge on any atom is 0.251 e. The Labute approximate surface area is 144 Å². The van der Waals surface area contributed by atoms with Gasteiger partial charge in [-0.15, -0.1) is 0 Å². The summed E-state index contributed by atoms with van der Waals surface area (Å²) in [6, 6.07) is 6.69. The molecule has 1 aliphatic heterocycles. The third-order valence-corrected chi connectivity index (χ3v) is 6.03. The van der Waals surface area contributed by atoms with Crippen molar-refractivity contribution in [3.05, 3.63) is 29.8 Å². The molecule has 0 saturated carbocycles. The number of nitrogens with one attached hydrogen (secondary N) is 1. The molecule has 1 aromatic rings. The summed E-state index contributed by atoms with van der Waals surface area (Å²) < 4.78 is 31.5. The minimum Gasteiger partial charge on any atom is -0.497 e. The highest BCUT2D eigenvalue weighted by Gasteiger charge is 2.30. The number of nitrogens with zero attached hydrogens (tertiary/aromatic N) is 1. The van der Waals surface area contributed by atoms with Crippen molar-refractivity contribution < 1.29 is 17.9 Å². The van der Waals surface area contributed by atoms with Gasteiger partial charge >= 0.3 is 0 Å². The number of benzene rings is 1. The lowest BCUT2D eigenvalue weighted by Crippen LogP contribution is -2.45. The monoisotopic (exact) mass is 354 g/mol. The van der Waals surface area contributed by atoms with Crippen LogP contribution in [0, 0.1) is 11.8 Å². The lowest BCUT2D eigenvalue weighted by atomic mass is 9.94. The number of sulfonamides is 1. The van der Waals surface area contributed by atoms with Crippen LogP contribution in [-0.2, 0) is 10.0 Å². The van der Waals surface area contributed by atoms with E-state index >= 15 is 0 Å². The van der Waals surface area contributed by atoms with Gasteiger partial charge in [0.1, 0.15) is 5.75 Å². The molecule has 1 N–H and O–H groups in total. The maximum atomic E-state index is 12.4. The number of amides is 1. The van der Waals surface area contributed by atoms with E-state index in [1.807, 2.05) is 0 Å². The molecule has 2 rings (SSSR count). The molecule has 2 atom stereocenters. The van der Waals surface area contributed by atoms with Gasteiger partial charge in [-0.3, -0.25) is 4.79 Å².